The molecule has 1 atom stereocenters. The summed E-state index contributed by atoms with van der Waals surface area (Å²) in [5.74, 6) is 1.16. The molecule has 148 valence electrons. The number of rotatable bonds is 5. The smallest absolute Gasteiger partial charge is 0.251 e. The molecule has 2 N–H and O–H groups in total. The first-order valence-corrected chi connectivity index (χ1v) is 9.75. The van der Waals surface area contributed by atoms with Crippen molar-refractivity contribution in [2.75, 3.05) is 16.8 Å². The van der Waals surface area contributed by atoms with Gasteiger partial charge in [0.1, 0.15) is 17.7 Å². The Morgan fingerprint density at radius 3 is 2.66 bits per heavy atom. The van der Waals surface area contributed by atoms with Gasteiger partial charge in [0.25, 0.3) is 5.56 Å². The number of pyridine rings is 1. The van der Waals surface area contributed by atoms with Crippen molar-refractivity contribution in [1.82, 2.24) is 15.0 Å². The third-order valence-electron chi connectivity index (χ3n) is 5.07. The second-order valence-corrected chi connectivity index (χ2v) is 7.18. The Bertz CT molecular complexity index is 1070. The zero-order chi connectivity index (χ0) is 20.4. The van der Waals surface area contributed by atoms with Crippen molar-refractivity contribution in [3.8, 4) is 11.4 Å². The topological polar surface area (TPSA) is 91.0 Å². The summed E-state index contributed by atoms with van der Waals surface area (Å²) in [4.78, 5) is 37.9. The number of aromatic amines is 1. The molecule has 1 unspecified atom stereocenters. The van der Waals surface area contributed by atoms with Crippen LogP contribution >= 0.6 is 0 Å². The second kappa shape index (κ2) is 7.87. The number of amides is 1. The molecule has 4 rings (SSSR count). The molecule has 0 saturated carbocycles. The van der Waals surface area contributed by atoms with E-state index in [1.54, 1.807) is 17.2 Å². The quantitative estimate of drug-likeness (QED) is 0.700. The molecule has 1 aliphatic heterocycles. The summed E-state index contributed by atoms with van der Waals surface area (Å²) in [6, 6.07) is 12.8. The average Bonchev–Trinajstić information content (AvgIpc) is 3.09. The monoisotopic (exact) mass is 389 g/mol. The minimum atomic E-state index is -0.309. The van der Waals surface area contributed by atoms with Crippen LogP contribution in [0.25, 0.3) is 11.4 Å². The van der Waals surface area contributed by atoms with Gasteiger partial charge in [-0.1, -0.05) is 24.6 Å². The molecule has 0 bridgehead atoms. The first kappa shape index (κ1) is 18.9. The van der Waals surface area contributed by atoms with Gasteiger partial charge in [0, 0.05) is 35.8 Å². The van der Waals surface area contributed by atoms with E-state index in [0.29, 0.717) is 31.0 Å². The first-order valence-electron chi connectivity index (χ1n) is 9.75. The largest absolute Gasteiger partial charge is 0.358 e. The normalized spacial score (nSPS) is 16.3. The summed E-state index contributed by atoms with van der Waals surface area (Å²) in [6.45, 7) is 4.65. The lowest BCUT2D eigenvalue weighted by Crippen LogP contribution is -2.33. The molecule has 1 fully saturated rings. The van der Waals surface area contributed by atoms with Crippen LogP contribution in [0.1, 0.15) is 24.6 Å². The molecular formula is C22H23N5O2. The van der Waals surface area contributed by atoms with Crippen LogP contribution in [0.5, 0.6) is 0 Å². The van der Waals surface area contributed by atoms with E-state index in [2.05, 4.69) is 20.3 Å². The molecular weight excluding hydrogens is 366 g/mol. The number of hydrogen-bond acceptors (Lipinski definition) is 5. The van der Waals surface area contributed by atoms with Gasteiger partial charge in [-0.05, 0) is 44.0 Å². The Labute approximate surface area is 168 Å². The first-order chi connectivity index (χ1) is 14.0. The molecule has 29 heavy (non-hydrogen) atoms. The Morgan fingerprint density at radius 1 is 1.17 bits per heavy atom. The Hall–Kier alpha value is -3.48. The molecule has 0 radical (unpaired) electrons. The third-order valence-corrected chi connectivity index (χ3v) is 5.07. The van der Waals surface area contributed by atoms with Crippen LogP contribution in [0.2, 0.25) is 0 Å². The molecule has 7 nitrogen and oxygen atoms in total. The predicted octanol–water partition coefficient (Wildman–Crippen LogP) is 2.92. The molecule has 2 aromatic heterocycles. The number of aromatic nitrogens is 3. The van der Waals surface area contributed by atoms with Gasteiger partial charge < -0.3 is 15.2 Å². The van der Waals surface area contributed by atoms with E-state index in [0.717, 1.165) is 16.9 Å². The average molecular weight is 389 g/mol. The second-order valence-electron chi connectivity index (χ2n) is 7.18. The summed E-state index contributed by atoms with van der Waals surface area (Å²) in [5.41, 5.74) is 3.36. The van der Waals surface area contributed by atoms with Gasteiger partial charge in [-0.3, -0.25) is 9.59 Å². The maximum absolute atomic E-state index is 12.8. The van der Waals surface area contributed by atoms with Gasteiger partial charge in [0.2, 0.25) is 5.91 Å². The Kier molecular flexibility index (Phi) is 5.12. The highest BCUT2D eigenvalue weighted by Gasteiger charge is 2.32. The molecule has 0 spiro atoms. The van der Waals surface area contributed by atoms with Crippen LogP contribution in [-0.4, -0.2) is 33.4 Å². The van der Waals surface area contributed by atoms with Gasteiger partial charge in [0.15, 0.2) is 0 Å². The molecule has 1 saturated heterocycles. The van der Waals surface area contributed by atoms with E-state index >= 15 is 0 Å². The lowest BCUT2D eigenvalue weighted by molar-refractivity contribution is -0.117. The number of H-pyrrole nitrogens is 1. The number of anilines is 2. The van der Waals surface area contributed by atoms with Gasteiger partial charge in [-0.2, -0.15) is 0 Å². The molecule has 7 heteroatoms. The van der Waals surface area contributed by atoms with Crippen molar-refractivity contribution < 1.29 is 4.79 Å². The summed E-state index contributed by atoms with van der Waals surface area (Å²) in [5, 5.41) is 3.22. The Morgan fingerprint density at radius 2 is 1.97 bits per heavy atom. The van der Waals surface area contributed by atoms with Crippen LogP contribution < -0.4 is 15.8 Å². The number of benzene rings is 1. The highest BCUT2D eigenvalue weighted by molar-refractivity contribution is 6.00. The van der Waals surface area contributed by atoms with Crippen molar-refractivity contribution in [1.29, 1.82) is 0 Å². The van der Waals surface area contributed by atoms with E-state index in [9.17, 15) is 9.59 Å². The van der Waals surface area contributed by atoms with E-state index < -0.39 is 0 Å². The fourth-order valence-corrected chi connectivity index (χ4v) is 3.42. The third kappa shape index (κ3) is 4.03. The van der Waals surface area contributed by atoms with E-state index in [4.69, 9.17) is 0 Å². The number of aryl methyl sites for hydroxylation is 2. The van der Waals surface area contributed by atoms with Crippen LogP contribution in [0.4, 0.5) is 11.5 Å². The highest BCUT2D eigenvalue weighted by Crippen LogP contribution is 2.24. The minimum Gasteiger partial charge on any atom is -0.358 e. The molecule has 3 heterocycles. The van der Waals surface area contributed by atoms with E-state index in [1.807, 2.05) is 44.2 Å². The summed E-state index contributed by atoms with van der Waals surface area (Å²) in [7, 11) is 0. The fourth-order valence-electron chi connectivity index (χ4n) is 3.42. The van der Waals surface area contributed by atoms with Crippen molar-refractivity contribution in [2.24, 2.45) is 0 Å². The summed E-state index contributed by atoms with van der Waals surface area (Å²) >= 11 is 0. The summed E-state index contributed by atoms with van der Waals surface area (Å²) < 4.78 is 0. The van der Waals surface area contributed by atoms with Crippen molar-refractivity contribution in [3.05, 3.63) is 70.3 Å². The zero-order valence-corrected chi connectivity index (χ0v) is 16.5. The fraction of sp³-hybridized carbons (Fsp3) is 0.273. The van der Waals surface area contributed by atoms with Crippen LogP contribution in [-0.2, 0) is 11.2 Å². The maximum Gasteiger partial charge on any atom is 0.251 e. The van der Waals surface area contributed by atoms with Gasteiger partial charge in [0.05, 0.1) is 0 Å². The van der Waals surface area contributed by atoms with Gasteiger partial charge in [-0.15, -0.1) is 0 Å². The van der Waals surface area contributed by atoms with Gasteiger partial charge >= 0.3 is 0 Å². The van der Waals surface area contributed by atoms with Crippen molar-refractivity contribution in [2.45, 2.75) is 32.7 Å². The minimum absolute atomic E-state index is 0.0429. The predicted molar refractivity (Wildman–Crippen MR) is 113 cm³/mol. The van der Waals surface area contributed by atoms with E-state index in [-0.39, 0.29) is 17.5 Å². The van der Waals surface area contributed by atoms with Crippen LogP contribution in [0, 0.1) is 6.92 Å². The Balaban J connectivity index is 1.47. The standard InChI is InChI=1S/C22H23N5O2/c1-3-16-12-20(28)26-21(24-16)15-6-9-19(23-13-15)25-18-10-11-27(22(18)29)17-7-4-14(2)5-8-17/h4-9,12-13,18H,3,10-11H2,1-2H3,(H,23,25)(H,24,26,28). The molecule has 1 aromatic carbocycles. The number of nitrogens with zero attached hydrogens (tertiary/aromatic N) is 3. The number of hydrogen-bond donors (Lipinski definition) is 2. The van der Waals surface area contributed by atoms with Crippen molar-refractivity contribution >= 4 is 17.4 Å². The number of carbonyl (C=O) groups is 1. The zero-order valence-electron chi connectivity index (χ0n) is 16.5. The highest BCUT2D eigenvalue weighted by atomic mass is 16.2. The van der Waals surface area contributed by atoms with Crippen LogP contribution in [0.3, 0.4) is 0 Å². The van der Waals surface area contributed by atoms with Crippen LogP contribution in [0.15, 0.2) is 53.5 Å². The summed E-state index contributed by atoms with van der Waals surface area (Å²) in [6.07, 6.45) is 3.05. The number of nitrogens with one attached hydrogen (secondary N) is 2. The van der Waals surface area contributed by atoms with E-state index in [1.165, 1.54) is 11.6 Å². The molecule has 3 aromatic rings. The van der Waals surface area contributed by atoms with Gasteiger partial charge in [-0.25, -0.2) is 9.97 Å². The molecule has 1 amide bonds. The lowest BCUT2D eigenvalue weighted by Gasteiger charge is -2.17. The number of carbonyl (C=O) groups excluding carboxylic acids is 1. The maximum atomic E-state index is 12.8. The SMILES string of the molecule is CCc1cc(=O)[nH]c(-c2ccc(NC3CCN(c4ccc(C)cc4)C3=O)nc2)n1. The lowest BCUT2D eigenvalue weighted by atomic mass is 10.2. The molecule has 0 aliphatic carbocycles. The molecule has 1 aliphatic rings. The van der Waals surface area contributed by atoms with Crippen molar-refractivity contribution in [3.63, 3.8) is 0 Å².